The lowest BCUT2D eigenvalue weighted by atomic mass is 10.1. The van der Waals surface area contributed by atoms with Crippen LogP contribution < -0.4 is 4.74 Å². The molecule has 0 aliphatic heterocycles. The van der Waals surface area contributed by atoms with E-state index in [1.54, 1.807) is 36.7 Å². The quantitative estimate of drug-likeness (QED) is 0.325. The zero-order valence-corrected chi connectivity index (χ0v) is 17.4. The minimum absolute atomic E-state index is 0.412. The zero-order valence-electron chi connectivity index (χ0n) is 15.0. The van der Waals surface area contributed by atoms with Gasteiger partial charge in [-0.1, -0.05) is 48.0 Å². The third-order valence-corrected chi connectivity index (χ3v) is 4.61. The first-order valence-electron chi connectivity index (χ1n) is 8.49. The Morgan fingerprint density at radius 3 is 2.57 bits per heavy atom. The van der Waals surface area contributed by atoms with Gasteiger partial charge >= 0.3 is 5.97 Å². The van der Waals surface area contributed by atoms with Crippen molar-refractivity contribution in [1.29, 1.82) is 0 Å². The van der Waals surface area contributed by atoms with Crippen molar-refractivity contribution in [2.75, 3.05) is 0 Å². The number of nitrogens with zero attached hydrogens (tertiary/aromatic N) is 1. The summed E-state index contributed by atoms with van der Waals surface area (Å²) in [6.07, 6.45) is 4.47. The van der Waals surface area contributed by atoms with Gasteiger partial charge in [-0.3, -0.25) is 9.78 Å². The second kappa shape index (κ2) is 9.53. The van der Waals surface area contributed by atoms with Gasteiger partial charge in [0.1, 0.15) is 5.75 Å². The number of esters is 1. The van der Waals surface area contributed by atoms with Crippen LogP contribution in [0.4, 0.5) is 0 Å². The van der Waals surface area contributed by atoms with Crippen molar-refractivity contribution in [2.45, 2.75) is 13.0 Å². The highest BCUT2D eigenvalue weighted by atomic mass is 79.9. The van der Waals surface area contributed by atoms with Crippen LogP contribution in [-0.2, 0) is 9.53 Å². The lowest BCUT2D eigenvalue weighted by Gasteiger charge is -2.22. The number of hydrogen-bond acceptors (Lipinski definition) is 4. The molecule has 4 nitrogen and oxygen atoms in total. The highest BCUT2D eigenvalue weighted by molar-refractivity contribution is 9.10. The molecule has 1 atom stereocenters. The topological polar surface area (TPSA) is 48.4 Å². The largest absolute Gasteiger partial charge is 0.456 e. The fourth-order valence-electron chi connectivity index (χ4n) is 2.55. The average molecular weight is 459 g/mol. The van der Waals surface area contributed by atoms with E-state index in [4.69, 9.17) is 21.1 Å². The zero-order chi connectivity index (χ0) is 19.9. The molecule has 0 N–H and O–H groups in total. The second-order valence-electron chi connectivity index (χ2n) is 5.91. The van der Waals surface area contributed by atoms with Gasteiger partial charge in [0.25, 0.3) is 0 Å². The number of ether oxygens (including phenoxy) is 2. The summed E-state index contributed by atoms with van der Waals surface area (Å²) in [5.74, 6) is 0.578. The Labute approximate surface area is 176 Å². The number of hydrogen-bond donors (Lipinski definition) is 0. The maximum absolute atomic E-state index is 11.8. The van der Waals surface area contributed by atoms with Gasteiger partial charge in [-0.2, -0.15) is 0 Å². The lowest BCUT2D eigenvalue weighted by molar-refractivity contribution is -0.146. The number of pyridine rings is 1. The van der Waals surface area contributed by atoms with Crippen molar-refractivity contribution in [1.82, 2.24) is 4.98 Å². The van der Waals surface area contributed by atoms with Crippen molar-refractivity contribution in [3.8, 4) is 5.75 Å². The van der Waals surface area contributed by atoms with Crippen LogP contribution in [0, 0.1) is 0 Å². The minimum atomic E-state index is -0.721. The van der Waals surface area contributed by atoms with Crippen LogP contribution in [0.2, 0.25) is 5.02 Å². The molecule has 142 valence electrons. The van der Waals surface area contributed by atoms with Crippen LogP contribution in [0.5, 0.6) is 5.75 Å². The number of carbonyl (C=O) groups excluding carboxylic acids is 1. The van der Waals surface area contributed by atoms with Crippen LogP contribution >= 0.6 is 27.5 Å². The molecule has 28 heavy (non-hydrogen) atoms. The first-order chi connectivity index (χ1) is 13.5. The molecule has 0 bridgehead atoms. The molecule has 1 heterocycles. The Morgan fingerprint density at radius 2 is 1.93 bits per heavy atom. The second-order valence-corrected chi connectivity index (χ2v) is 7.20. The Morgan fingerprint density at radius 1 is 1.14 bits per heavy atom. The molecule has 3 rings (SSSR count). The summed E-state index contributed by atoms with van der Waals surface area (Å²) >= 11 is 9.49. The molecule has 0 saturated heterocycles. The molecular formula is C22H17BrClNO3. The van der Waals surface area contributed by atoms with Gasteiger partial charge in [0.05, 0.1) is 4.47 Å². The third kappa shape index (κ3) is 5.44. The van der Waals surface area contributed by atoms with Gasteiger partial charge in [0, 0.05) is 29.9 Å². The standard InChI is InChI=1S/C22H17BrClNO3/c1-15(26)27-22(17-7-3-2-4-8-17)21(12-16-6-5-11-25-14-16)28-20-10-9-18(24)13-19(20)23/h2-14,22H,1H3. The fraction of sp³-hybridized carbons (Fsp3) is 0.0909. The molecule has 0 spiro atoms. The van der Waals surface area contributed by atoms with E-state index in [1.807, 2.05) is 42.5 Å². The smallest absolute Gasteiger partial charge is 0.303 e. The molecule has 6 heteroatoms. The van der Waals surface area contributed by atoms with Gasteiger partial charge in [-0.15, -0.1) is 0 Å². The van der Waals surface area contributed by atoms with Crippen LogP contribution in [0.1, 0.15) is 24.2 Å². The Kier molecular flexibility index (Phi) is 6.85. The molecule has 0 aliphatic carbocycles. The summed E-state index contributed by atoms with van der Waals surface area (Å²) in [4.78, 5) is 15.9. The molecule has 0 aliphatic rings. The van der Waals surface area contributed by atoms with E-state index in [1.165, 1.54) is 6.92 Å². The molecule has 0 fully saturated rings. The van der Waals surface area contributed by atoms with E-state index in [0.29, 0.717) is 21.0 Å². The number of halogens is 2. The maximum Gasteiger partial charge on any atom is 0.303 e. The summed E-state index contributed by atoms with van der Waals surface area (Å²) in [6, 6.07) is 18.4. The van der Waals surface area contributed by atoms with E-state index in [0.717, 1.165) is 11.1 Å². The molecular weight excluding hydrogens is 442 g/mol. The van der Waals surface area contributed by atoms with Crippen LogP contribution in [-0.4, -0.2) is 11.0 Å². The molecule has 3 aromatic rings. The van der Waals surface area contributed by atoms with E-state index in [2.05, 4.69) is 20.9 Å². The Bertz CT molecular complexity index is 978. The third-order valence-electron chi connectivity index (χ3n) is 3.76. The van der Waals surface area contributed by atoms with E-state index >= 15 is 0 Å². The molecule has 1 unspecified atom stereocenters. The summed E-state index contributed by atoms with van der Waals surface area (Å²) in [6.45, 7) is 1.37. The van der Waals surface area contributed by atoms with Crippen molar-refractivity contribution in [2.24, 2.45) is 0 Å². The Balaban J connectivity index is 2.07. The number of carbonyl (C=O) groups is 1. The SMILES string of the molecule is CC(=O)OC(C(=Cc1cccnc1)Oc1ccc(Cl)cc1Br)c1ccccc1. The summed E-state index contributed by atoms with van der Waals surface area (Å²) in [5, 5.41) is 0.580. The lowest BCUT2D eigenvalue weighted by Crippen LogP contribution is -2.15. The normalized spacial score (nSPS) is 12.3. The first-order valence-corrected chi connectivity index (χ1v) is 9.66. The van der Waals surface area contributed by atoms with Crippen molar-refractivity contribution < 1.29 is 14.3 Å². The van der Waals surface area contributed by atoms with Crippen molar-refractivity contribution >= 4 is 39.6 Å². The number of rotatable bonds is 6. The highest BCUT2D eigenvalue weighted by Crippen LogP contribution is 2.34. The van der Waals surface area contributed by atoms with Crippen LogP contribution in [0.25, 0.3) is 6.08 Å². The Hall–Kier alpha value is -2.63. The van der Waals surface area contributed by atoms with E-state index < -0.39 is 12.1 Å². The van der Waals surface area contributed by atoms with Crippen molar-refractivity contribution in [3.05, 3.63) is 99.4 Å². The maximum atomic E-state index is 11.8. The molecule has 2 aromatic carbocycles. The van der Waals surface area contributed by atoms with Crippen LogP contribution in [0.3, 0.4) is 0 Å². The first kappa shape index (κ1) is 20.1. The van der Waals surface area contributed by atoms with Crippen LogP contribution in [0.15, 0.2) is 83.3 Å². The van der Waals surface area contributed by atoms with E-state index in [9.17, 15) is 4.79 Å². The monoisotopic (exact) mass is 457 g/mol. The predicted molar refractivity (Wildman–Crippen MR) is 113 cm³/mol. The molecule has 1 aromatic heterocycles. The van der Waals surface area contributed by atoms with Crippen molar-refractivity contribution in [3.63, 3.8) is 0 Å². The van der Waals surface area contributed by atoms with Gasteiger partial charge < -0.3 is 9.47 Å². The molecule has 0 amide bonds. The number of aromatic nitrogens is 1. The van der Waals surface area contributed by atoms with Gasteiger partial charge in [-0.25, -0.2) is 0 Å². The van der Waals surface area contributed by atoms with Gasteiger partial charge in [0.2, 0.25) is 0 Å². The number of benzene rings is 2. The van der Waals surface area contributed by atoms with Gasteiger partial charge in [-0.05, 0) is 51.8 Å². The summed E-state index contributed by atoms with van der Waals surface area (Å²) < 4.78 is 12.5. The minimum Gasteiger partial charge on any atom is -0.456 e. The molecule has 0 saturated carbocycles. The summed E-state index contributed by atoms with van der Waals surface area (Å²) in [7, 11) is 0. The van der Waals surface area contributed by atoms with Gasteiger partial charge in [0.15, 0.2) is 11.9 Å². The van der Waals surface area contributed by atoms with E-state index in [-0.39, 0.29) is 0 Å². The molecule has 0 radical (unpaired) electrons. The fourth-order valence-corrected chi connectivity index (χ4v) is 3.32. The average Bonchev–Trinajstić information content (AvgIpc) is 2.69. The predicted octanol–water partition coefficient (Wildman–Crippen LogP) is 6.22. The summed E-state index contributed by atoms with van der Waals surface area (Å²) in [5.41, 5.74) is 1.61. The highest BCUT2D eigenvalue weighted by Gasteiger charge is 2.23.